The van der Waals surface area contributed by atoms with E-state index in [9.17, 15) is 4.79 Å². The number of rotatable bonds is 9. The Balaban J connectivity index is 1.96. The van der Waals surface area contributed by atoms with E-state index in [0.717, 1.165) is 24.2 Å². The van der Waals surface area contributed by atoms with Crippen LogP contribution in [0.4, 0.5) is 0 Å². The molecule has 0 spiro atoms. The van der Waals surface area contributed by atoms with Crippen molar-refractivity contribution in [2.24, 2.45) is 0 Å². The fourth-order valence-corrected chi connectivity index (χ4v) is 3.14. The molecule has 0 bridgehead atoms. The first kappa shape index (κ1) is 19.5. The maximum absolute atomic E-state index is 12.5. The number of carbonyl (C=O) groups excluding carboxylic acids is 1. The average molecular weight is 363 g/mol. The van der Waals surface area contributed by atoms with Gasteiger partial charge in [0.05, 0.1) is 10.7 Å². The largest absolute Gasteiger partial charge is 0.482 e. The molecule has 0 fully saturated rings. The first-order valence-electron chi connectivity index (χ1n) is 9.00. The number of benzene rings is 1. The standard InChI is InChI=1S/C20H27ClN2O2/c1-4-5-6-7-8-11-17-15(2)22-23(16(17)3)20(24)14-25-19-13-10-9-12-18(19)21/h9-10,12-13H,4-8,11,14H2,1-3H3. The van der Waals surface area contributed by atoms with Gasteiger partial charge in [-0.15, -0.1) is 0 Å². The number of halogens is 1. The summed E-state index contributed by atoms with van der Waals surface area (Å²) < 4.78 is 7.01. The van der Waals surface area contributed by atoms with Crippen LogP contribution in [0.1, 0.15) is 60.8 Å². The number of nitrogens with zero attached hydrogens (tertiary/aromatic N) is 2. The molecule has 1 heterocycles. The Bertz CT molecular complexity index is 710. The van der Waals surface area contributed by atoms with Crippen LogP contribution in [0.3, 0.4) is 0 Å². The van der Waals surface area contributed by atoms with Crippen LogP contribution in [-0.2, 0) is 6.42 Å². The number of aromatic nitrogens is 2. The lowest BCUT2D eigenvalue weighted by atomic mass is 10.0. The molecule has 0 saturated heterocycles. The molecule has 136 valence electrons. The number of carbonyl (C=O) groups is 1. The van der Waals surface area contributed by atoms with Gasteiger partial charge in [-0.3, -0.25) is 4.79 Å². The number of hydrogen-bond donors (Lipinski definition) is 0. The molecular weight excluding hydrogens is 336 g/mol. The molecule has 0 amide bonds. The second-order valence-corrected chi connectivity index (χ2v) is 6.75. The zero-order valence-corrected chi connectivity index (χ0v) is 16.1. The molecule has 2 rings (SSSR count). The fraction of sp³-hybridized carbons (Fsp3) is 0.500. The van der Waals surface area contributed by atoms with Crippen molar-refractivity contribution in [3.8, 4) is 5.75 Å². The monoisotopic (exact) mass is 362 g/mol. The lowest BCUT2D eigenvalue weighted by molar-refractivity contribution is 0.0818. The molecule has 0 radical (unpaired) electrons. The lowest BCUT2D eigenvalue weighted by Crippen LogP contribution is -2.21. The van der Waals surface area contributed by atoms with Gasteiger partial charge in [-0.25, -0.2) is 4.68 Å². The van der Waals surface area contributed by atoms with Crippen molar-refractivity contribution in [2.75, 3.05) is 6.61 Å². The Morgan fingerprint density at radius 1 is 1.16 bits per heavy atom. The van der Waals surface area contributed by atoms with Gasteiger partial charge in [0, 0.05) is 5.69 Å². The van der Waals surface area contributed by atoms with Crippen molar-refractivity contribution in [2.45, 2.75) is 59.3 Å². The summed E-state index contributed by atoms with van der Waals surface area (Å²) in [4.78, 5) is 12.5. The molecule has 25 heavy (non-hydrogen) atoms. The third-order valence-corrected chi connectivity index (χ3v) is 4.71. The molecule has 0 aliphatic carbocycles. The van der Waals surface area contributed by atoms with Gasteiger partial charge in [0.1, 0.15) is 5.75 Å². The highest BCUT2D eigenvalue weighted by atomic mass is 35.5. The van der Waals surface area contributed by atoms with E-state index in [0.29, 0.717) is 10.8 Å². The van der Waals surface area contributed by atoms with Crippen molar-refractivity contribution >= 4 is 17.5 Å². The topological polar surface area (TPSA) is 44.1 Å². The maximum Gasteiger partial charge on any atom is 0.284 e. The summed E-state index contributed by atoms with van der Waals surface area (Å²) in [6.45, 7) is 6.05. The highest BCUT2D eigenvalue weighted by Gasteiger charge is 2.17. The molecule has 0 atom stereocenters. The summed E-state index contributed by atoms with van der Waals surface area (Å²) >= 11 is 6.05. The second-order valence-electron chi connectivity index (χ2n) is 6.34. The molecular formula is C20H27ClN2O2. The van der Waals surface area contributed by atoms with E-state index < -0.39 is 0 Å². The Hall–Kier alpha value is -1.81. The highest BCUT2D eigenvalue weighted by Crippen LogP contribution is 2.23. The SMILES string of the molecule is CCCCCCCc1c(C)nn(C(=O)COc2ccccc2Cl)c1C. The van der Waals surface area contributed by atoms with Crippen LogP contribution in [0.2, 0.25) is 5.02 Å². The summed E-state index contributed by atoms with van der Waals surface area (Å²) in [5.41, 5.74) is 3.03. The lowest BCUT2D eigenvalue weighted by Gasteiger charge is -2.08. The van der Waals surface area contributed by atoms with Crippen molar-refractivity contribution in [1.82, 2.24) is 9.78 Å². The van der Waals surface area contributed by atoms with Gasteiger partial charge < -0.3 is 4.74 Å². The number of para-hydroxylation sites is 1. The van der Waals surface area contributed by atoms with Crippen LogP contribution in [0, 0.1) is 13.8 Å². The molecule has 2 aromatic rings. The quantitative estimate of drug-likeness (QED) is 0.562. The summed E-state index contributed by atoms with van der Waals surface area (Å²) in [5.74, 6) is 0.327. The van der Waals surface area contributed by atoms with Crippen molar-refractivity contribution in [3.05, 3.63) is 46.2 Å². The van der Waals surface area contributed by atoms with Gasteiger partial charge in [0.2, 0.25) is 0 Å². The van der Waals surface area contributed by atoms with E-state index in [4.69, 9.17) is 16.3 Å². The predicted molar refractivity (Wildman–Crippen MR) is 102 cm³/mol. The minimum absolute atomic E-state index is 0.0817. The molecule has 1 aromatic carbocycles. The Labute approximate surface area is 155 Å². The first-order chi connectivity index (χ1) is 12.0. The molecule has 0 aliphatic heterocycles. The Morgan fingerprint density at radius 3 is 2.60 bits per heavy atom. The van der Waals surface area contributed by atoms with E-state index in [-0.39, 0.29) is 12.5 Å². The first-order valence-corrected chi connectivity index (χ1v) is 9.38. The third-order valence-electron chi connectivity index (χ3n) is 4.40. The van der Waals surface area contributed by atoms with Gasteiger partial charge in [-0.05, 0) is 44.4 Å². The van der Waals surface area contributed by atoms with Crippen LogP contribution in [-0.4, -0.2) is 22.3 Å². The van der Waals surface area contributed by atoms with Crippen LogP contribution in [0.5, 0.6) is 5.75 Å². The van der Waals surface area contributed by atoms with Gasteiger partial charge in [-0.1, -0.05) is 56.3 Å². The molecule has 0 unspecified atom stereocenters. The van der Waals surface area contributed by atoms with Crippen LogP contribution < -0.4 is 4.74 Å². The molecule has 0 aliphatic rings. The summed E-state index contributed by atoms with van der Waals surface area (Å²) in [7, 11) is 0. The molecule has 0 saturated carbocycles. The molecule has 4 nitrogen and oxygen atoms in total. The molecule has 0 N–H and O–H groups in total. The van der Waals surface area contributed by atoms with Crippen LogP contribution in [0.15, 0.2) is 24.3 Å². The van der Waals surface area contributed by atoms with E-state index in [2.05, 4.69) is 12.0 Å². The third kappa shape index (κ3) is 5.33. The van der Waals surface area contributed by atoms with E-state index in [1.165, 1.54) is 35.9 Å². The molecule has 5 heteroatoms. The van der Waals surface area contributed by atoms with E-state index in [1.54, 1.807) is 12.1 Å². The number of ether oxygens (including phenoxy) is 1. The van der Waals surface area contributed by atoms with Crippen molar-refractivity contribution in [3.63, 3.8) is 0 Å². The second kappa shape index (κ2) is 9.62. The average Bonchev–Trinajstić information content (AvgIpc) is 2.88. The summed E-state index contributed by atoms with van der Waals surface area (Å²) in [5, 5.41) is 4.91. The zero-order chi connectivity index (χ0) is 18.2. The van der Waals surface area contributed by atoms with Crippen molar-refractivity contribution in [1.29, 1.82) is 0 Å². The van der Waals surface area contributed by atoms with Gasteiger partial charge in [0.25, 0.3) is 5.91 Å². The number of aryl methyl sites for hydroxylation is 1. The van der Waals surface area contributed by atoms with Gasteiger partial charge in [0.15, 0.2) is 6.61 Å². The fourth-order valence-electron chi connectivity index (χ4n) is 2.95. The highest BCUT2D eigenvalue weighted by molar-refractivity contribution is 6.32. The smallest absolute Gasteiger partial charge is 0.284 e. The van der Waals surface area contributed by atoms with E-state index in [1.807, 2.05) is 26.0 Å². The normalized spacial score (nSPS) is 10.9. The maximum atomic E-state index is 12.5. The number of hydrogen-bond acceptors (Lipinski definition) is 3. The van der Waals surface area contributed by atoms with Gasteiger partial charge >= 0.3 is 0 Å². The predicted octanol–water partition coefficient (Wildman–Crippen LogP) is 5.39. The van der Waals surface area contributed by atoms with Crippen molar-refractivity contribution < 1.29 is 9.53 Å². The Morgan fingerprint density at radius 2 is 1.88 bits per heavy atom. The van der Waals surface area contributed by atoms with Crippen LogP contribution >= 0.6 is 11.6 Å². The van der Waals surface area contributed by atoms with Crippen LogP contribution in [0.25, 0.3) is 0 Å². The summed E-state index contributed by atoms with van der Waals surface area (Å²) in [6.07, 6.45) is 7.14. The summed E-state index contributed by atoms with van der Waals surface area (Å²) in [6, 6.07) is 7.14. The van der Waals surface area contributed by atoms with E-state index >= 15 is 0 Å². The Kier molecular flexibility index (Phi) is 7.51. The zero-order valence-electron chi connectivity index (χ0n) is 15.3. The minimum atomic E-state index is -0.183. The molecule has 1 aromatic heterocycles. The minimum Gasteiger partial charge on any atom is -0.482 e. The van der Waals surface area contributed by atoms with Gasteiger partial charge in [-0.2, -0.15) is 5.10 Å². The number of unbranched alkanes of at least 4 members (excludes halogenated alkanes) is 4.